The fourth-order valence-corrected chi connectivity index (χ4v) is 3.46. The molecule has 0 bridgehead atoms. The zero-order valence-corrected chi connectivity index (χ0v) is 17.1. The van der Waals surface area contributed by atoms with Crippen molar-refractivity contribution in [3.05, 3.63) is 65.7 Å². The van der Waals surface area contributed by atoms with Crippen molar-refractivity contribution in [3.8, 4) is 5.75 Å². The third-order valence-electron chi connectivity index (χ3n) is 5.24. The molecule has 7 heteroatoms. The number of carbonyl (C=O) groups is 3. The summed E-state index contributed by atoms with van der Waals surface area (Å²) in [6.45, 7) is 1.85. The minimum absolute atomic E-state index is 0.0273. The quantitative estimate of drug-likeness (QED) is 0.686. The van der Waals surface area contributed by atoms with Crippen LogP contribution in [-0.2, 0) is 4.79 Å². The molecular formula is C23H27N3O4. The van der Waals surface area contributed by atoms with Gasteiger partial charge in [0.1, 0.15) is 5.75 Å². The molecule has 0 unspecified atom stereocenters. The molecule has 0 saturated carbocycles. The monoisotopic (exact) mass is 409 g/mol. The summed E-state index contributed by atoms with van der Waals surface area (Å²) in [5.74, 6) is 0.382. The molecule has 1 fully saturated rings. The minimum Gasteiger partial charge on any atom is -0.497 e. The van der Waals surface area contributed by atoms with E-state index in [1.165, 1.54) is 0 Å². The number of hydrogen-bond donors (Lipinski definition) is 2. The summed E-state index contributed by atoms with van der Waals surface area (Å²) < 4.78 is 5.12. The molecule has 1 aliphatic rings. The molecule has 2 aromatic carbocycles. The van der Waals surface area contributed by atoms with Crippen molar-refractivity contribution < 1.29 is 19.1 Å². The molecule has 2 aromatic rings. The number of methoxy groups -OCH3 is 1. The first-order valence-corrected chi connectivity index (χ1v) is 10.1. The average Bonchev–Trinajstić information content (AvgIpc) is 2.81. The Balaban J connectivity index is 1.37. The van der Waals surface area contributed by atoms with E-state index in [2.05, 4.69) is 10.6 Å². The number of nitrogens with zero attached hydrogens (tertiary/aromatic N) is 1. The third kappa shape index (κ3) is 5.59. The highest BCUT2D eigenvalue weighted by Gasteiger charge is 2.27. The van der Waals surface area contributed by atoms with E-state index in [9.17, 15) is 14.4 Å². The summed E-state index contributed by atoms with van der Waals surface area (Å²) in [4.78, 5) is 38.8. The van der Waals surface area contributed by atoms with E-state index < -0.39 is 0 Å². The molecule has 3 amide bonds. The molecular weight excluding hydrogens is 382 g/mol. The highest BCUT2D eigenvalue weighted by Crippen LogP contribution is 2.20. The fraction of sp³-hybridized carbons (Fsp3) is 0.348. The summed E-state index contributed by atoms with van der Waals surface area (Å²) in [6, 6.07) is 16.0. The van der Waals surface area contributed by atoms with Crippen LogP contribution in [0.25, 0.3) is 0 Å². The highest BCUT2D eigenvalue weighted by molar-refractivity contribution is 5.95. The lowest BCUT2D eigenvalue weighted by Crippen LogP contribution is -2.44. The van der Waals surface area contributed by atoms with E-state index in [4.69, 9.17) is 4.74 Å². The Hall–Kier alpha value is -3.35. The first-order valence-electron chi connectivity index (χ1n) is 10.1. The van der Waals surface area contributed by atoms with Crippen molar-refractivity contribution in [1.29, 1.82) is 0 Å². The van der Waals surface area contributed by atoms with Gasteiger partial charge in [0.25, 0.3) is 11.8 Å². The molecule has 0 spiro atoms. The lowest BCUT2D eigenvalue weighted by molar-refractivity contribution is -0.126. The van der Waals surface area contributed by atoms with Crippen LogP contribution in [0.1, 0.15) is 33.6 Å². The van der Waals surface area contributed by atoms with Crippen LogP contribution in [-0.4, -0.2) is 55.9 Å². The summed E-state index contributed by atoms with van der Waals surface area (Å²) in [6.07, 6.45) is 1.26. The first-order chi connectivity index (χ1) is 14.6. The van der Waals surface area contributed by atoms with E-state index in [1.54, 1.807) is 48.4 Å². The second-order valence-electron chi connectivity index (χ2n) is 7.21. The van der Waals surface area contributed by atoms with Gasteiger partial charge in [-0.15, -0.1) is 0 Å². The molecule has 0 atom stereocenters. The standard InChI is InChI=1S/C23H27N3O4/c1-30-20-9-7-19(8-10-20)23(29)26-15-11-18(12-16-26)22(28)25-14-13-24-21(27)17-5-3-2-4-6-17/h2-10,18H,11-16H2,1H3,(H,24,27)(H,25,28). The summed E-state index contributed by atoms with van der Waals surface area (Å²) in [5, 5.41) is 5.67. The van der Waals surface area contributed by atoms with Crippen LogP contribution in [0.15, 0.2) is 54.6 Å². The molecule has 0 radical (unpaired) electrons. The summed E-state index contributed by atoms with van der Waals surface area (Å²) in [5.41, 5.74) is 1.21. The van der Waals surface area contributed by atoms with Crippen molar-refractivity contribution in [3.63, 3.8) is 0 Å². The molecule has 1 aliphatic heterocycles. The Morgan fingerprint density at radius 3 is 2.17 bits per heavy atom. The van der Waals surface area contributed by atoms with E-state index in [0.717, 1.165) is 0 Å². The highest BCUT2D eigenvalue weighted by atomic mass is 16.5. The number of nitrogens with one attached hydrogen (secondary N) is 2. The number of benzene rings is 2. The van der Waals surface area contributed by atoms with Crippen LogP contribution in [0.4, 0.5) is 0 Å². The maximum atomic E-state index is 12.6. The van der Waals surface area contributed by atoms with Gasteiger partial charge in [-0.1, -0.05) is 18.2 Å². The normalized spacial score (nSPS) is 14.1. The maximum Gasteiger partial charge on any atom is 0.253 e. The van der Waals surface area contributed by atoms with Gasteiger partial charge < -0.3 is 20.3 Å². The van der Waals surface area contributed by atoms with Gasteiger partial charge in [0, 0.05) is 43.2 Å². The van der Waals surface area contributed by atoms with Crippen molar-refractivity contribution in [1.82, 2.24) is 15.5 Å². The van der Waals surface area contributed by atoms with Crippen molar-refractivity contribution >= 4 is 17.7 Å². The number of amides is 3. The van der Waals surface area contributed by atoms with Gasteiger partial charge in [-0.05, 0) is 49.2 Å². The molecule has 30 heavy (non-hydrogen) atoms. The number of likely N-dealkylation sites (tertiary alicyclic amines) is 1. The predicted molar refractivity (Wildman–Crippen MR) is 113 cm³/mol. The van der Waals surface area contributed by atoms with Crippen LogP contribution in [0.2, 0.25) is 0 Å². The molecule has 7 nitrogen and oxygen atoms in total. The number of piperidine rings is 1. The lowest BCUT2D eigenvalue weighted by Gasteiger charge is -2.31. The molecule has 1 saturated heterocycles. The van der Waals surface area contributed by atoms with Gasteiger partial charge in [-0.2, -0.15) is 0 Å². The average molecular weight is 409 g/mol. The second kappa shape index (κ2) is 10.4. The third-order valence-corrected chi connectivity index (χ3v) is 5.24. The van der Waals surface area contributed by atoms with E-state index in [1.807, 2.05) is 18.2 Å². The van der Waals surface area contributed by atoms with Crippen LogP contribution >= 0.6 is 0 Å². The molecule has 3 rings (SSSR count). The van der Waals surface area contributed by atoms with Gasteiger partial charge >= 0.3 is 0 Å². The largest absolute Gasteiger partial charge is 0.497 e. The van der Waals surface area contributed by atoms with Gasteiger partial charge in [0.05, 0.1) is 7.11 Å². The van der Waals surface area contributed by atoms with E-state index in [0.29, 0.717) is 55.9 Å². The minimum atomic E-state index is -0.157. The van der Waals surface area contributed by atoms with E-state index >= 15 is 0 Å². The Bertz CT molecular complexity index is 860. The van der Waals surface area contributed by atoms with Crippen LogP contribution < -0.4 is 15.4 Å². The summed E-state index contributed by atoms with van der Waals surface area (Å²) in [7, 11) is 1.59. The number of ether oxygens (including phenoxy) is 1. The fourth-order valence-electron chi connectivity index (χ4n) is 3.46. The van der Waals surface area contributed by atoms with Gasteiger partial charge in [0.15, 0.2) is 0 Å². The lowest BCUT2D eigenvalue weighted by atomic mass is 9.95. The predicted octanol–water partition coefficient (Wildman–Crippen LogP) is 2.09. The number of carbonyl (C=O) groups excluding carboxylic acids is 3. The van der Waals surface area contributed by atoms with Crippen LogP contribution in [0.3, 0.4) is 0 Å². The van der Waals surface area contributed by atoms with E-state index in [-0.39, 0.29) is 23.6 Å². The van der Waals surface area contributed by atoms with Crippen molar-refractivity contribution in [2.75, 3.05) is 33.3 Å². The maximum absolute atomic E-state index is 12.6. The van der Waals surface area contributed by atoms with Gasteiger partial charge in [-0.3, -0.25) is 14.4 Å². The molecule has 0 aliphatic carbocycles. The molecule has 2 N–H and O–H groups in total. The Morgan fingerprint density at radius 1 is 0.900 bits per heavy atom. The Kier molecular flexibility index (Phi) is 7.43. The number of rotatable bonds is 7. The Labute approximate surface area is 176 Å². The second-order valence-corrected chi connectivity index (χ2v) is 7.21. The topological polar surface area (TPSA) is 87.7 Å². The van der Waals surface area contributed by atoms with Crippen LogP contribution in [0, 0.1) is 5.92 Å². The smallest absolute Gasteiger partial charge is 0.253 e. The Morgan fingerprint density at radius 2 is 1.53 bits per heavy atom. The number of hydrogen-bond acceptors (Lipinski definition) is 4. The van der Waals surface area contributed by atoms with Gasteiger partial charge in [-0.25, -0.2) is 0 Å². The van der Waals surface area contributed by atoms with Crippen LogP contribution in [0.5, 0.6) is 5.75 Å². The molecule has 1 heterocycles. The summed E-state index contributed by atoms with van der Waals surface area (Å²) >= 11 is 0. The van der Waals surface area contributed by atoms with Crippen molar-refractivity contribution in [2.45, 2.75) is 12.8 Å². The zero-order valence-electron chi connectivity index (χ0n) is 17.1. The molecule has 0 aromatic heterocycles. The van der Waals surface area contributed by atoms with Crippen molar-refractivity contribution in [2.24, 2.45) is 5.92 Å². The first kappa shape index (κ1) is 21.4. The SMILES string of the molecule is COc1ccc(C(=O)N2CCC(C(=O)NCCNC(=O)c3ccccc3)CC2)cc1. The zero-order chi connectivity index (χ0) is 21.3. The molecule has 158 valence electrons. The van der Waals surface area contributed by atoms with Gasteiger partial charge in [0.2, 0.25) is 5.91 Å².